The molecule has 0 spiro atoms. The molecule has 3 N–H and O–H groups in total. The largest absolute Gasteiger partial charge is 0.399 e. The fraction of sp³-hybridized carbons (Fsp3) is 0.500. The molecular weight excluding hydrogens is 228 g/mol. The van der Waals surface area contributed by atoms with Crippen LogP contribution in [0.1, 0.15) is 35.7 Å². The van der Waals surface area contributed by atoms with Crippen LogP contribution in [0.25, 0.3) is 0 Å². The SMILES string of the molecule is Cc1cc(N)cc(C(=O)NC2(C)CCCOC2)c1. The quantitative estimate of drug-likeness (QED) is 0.785. The van der Waals surface area contributed by atoms with Gasteiger partial charge in [-0.15, -0.1) is 0 Å². The number of anilines is 1. The molecule has 18 heavy (non-hydrogen) atoms. The summed E-state index contributed by atoms with van der Waals surface area (Å²) in [4.78, 5) is 12.2. The summed E-state index contributed by atoms with van der Waals surface area (Å²) in [5.74, 6) is -0.0848. The van der Waals surface area contributed by atoms with Crippen molar-refractivity contribution >= 4 is 11.6 Å². The molecule has 0 radical (unpaired) electrons. The van der Waals surface area contributed by atoms with Crippen LogP contribution >= 0.6 is 0 Å². The number of nitrogens with one attached hydrogen (secondary N) is 1. The molecule has 98 valence electrons. The van der Waals surface area contributed by atoms with Gasteiger partial charge in [-0.3, -0.25) is 4.79 Å². The first-order valence-electron chi connectivity index (χ1n) is 6.26. The Morgan fingerprint density at radius 3 is 2.83 bits per heavy atom. The van der Waals surface area contributed by atoms with E-state index in [-0.39, 0.29) is 11.4 Å². The zero-order valence-corrected chi connectivity index (χ0v) is 11.0. The normalized spacial score (nSPS) is 23.7. The third kappa shape index (κ3) is 3.01. The van der Waals surface area contributed by atoms with E-state index in [2.05, 4.69) is 5.32 Å². The lowest BCUT2D eigenvalue weighted by Gasteiger charge is -2.34. The van der Waals surface area contributed by atoms with Gasteiger partial charge >= 0.3 is 0 Å². The molecule has 1 amide bonds. The van der Waals surface area contributed by atoms with Gasteiger partial charge in [0.05, 0.1) is 12.1 Å². The number of aryl methyl sites for hydroxylation is 1. The lowest BCUT2D eigenvalue weighted by atomic mass is 9.94. The van der Waals surface area contributed by atoms with E-state index in [1.165, 1.54) is 0 Å². The van der Waals surface area contributed by atoms with Crippen LogP contribution in [0.4, 0.5) is 5.69 Å². The third-order valence-corrected chi connectivity index (χ3v) is 3.22. The summed E-state index contributed by atoms with van der Waals surface area (Å²) < 4.78 is 5.43. The monoisotopic (exact) mass is 248 g/mol. The summed E-state index contributed by atoms with van der Waals surface area (Å²) in [6.07, 6.45) is 1.92. The fourth-order valence-corrected chi connectivity index (χ4v) is 2.32. The number of carbonyl (C=O) groups is 1. The molecule has 1 fully saturated rings. The summed E-state index contributed by atoms with van der Waals surface area (Å²) in [5, 5.41) is 3.05. The molecule has 4 nitrogen and oxygen atoms in total. The Balaban J connectivity index is 2.11. The molecule has 1 aromatic carbocycles. The molecule has 0 saturated carbocycles. The standard InChI is InChI=1S/C14H20N2O2/c1-10-6-11(8-12(15)7-10)13(17)16-14(2)4-3-5-18-9-14/h6-8H,3-5,9,15H2,1-2H3,(H,16,17). The van der Waals surface area contributed by atoms with Crippen LogP contribution in [0.3, 0.4) is 0 Å². The molecule has 1 aromatic rings. The van der Waals surface area contributed by atoms with Crippen LogP contribution in [0.5, 0.6) is 0 Å². The van der Waals surface area contributed by atoms with E-state index < -0.39 is 0 Å². The highest BCUT2D eigenvalue weighted by molar-refractivity contribution is 5.95. The van der Waals surface area contributed by atoms with Gasteiger partial charge in [-0.25, -0.2) is 0 Å². The zero-order valence-electron chi connectivity index (χ0n) is 11.0. The van der Waals surface area contributed by atoms with E-state index in [0.717, 1.165) is 25.0 Å². The van der Waals surface area contributed by atoms with Gasteiger partial charge in [0, 0.05) is 17.9 Å². The van der Waals surface area contributed by atoms with E-state index in [0.29, 0.717) is 17.9 Å². The third-order valence-electron chi connectivity index (χ3n) is 3.22. The Bertz CT molecular complexity index is 431. The van der Waals surface area contributed by atoms with Crippen LogP contribution in [-0.4, -0.2) is 24.7 Å². The zero-order chi connectivity index (χ0) is 13.2. The number of rotatable bonds is 2. The van der Waals surface area contributed by atoms with Crippen LogP contribution in [0, 0.1) is 6.92 Å². The minimum absolute atomic E-state index is 0.0848. The molecule has 1 aliphatic rings. The van der Waals surface area contributed by atoms with Crippen molar-refractivity contribution in [2.75, 3.05) is 18.9 Å². The number of hydrogen-bond donors (Lipinski definition) is 2. The molecule has 2 rings (SSSR count). The average Bonchev–Trinajstić information content (AvgIpc) is 2.28. The van der Waals surface area contributed by atoms with Crippen molar-refractivity contribution in [3.05, 3.63) is 29.3 Å². The van der Waals surface area contributed by atoms with E-state index in [1.807, 2.05) is 26.0 Å². The molecular formula is C14H20N2O2. The Kier molecular flexibility index (Phi) is 3.57. The van der Waals surface area contributed by atoms with Crippen molar-refractivity contribution in [3.63, 3.8) is 0 Å². The maximum atomic E-state index is 12.2. The molecule has 1 aliphatic heterocycles. The number of amides is 1. The highest BCUT2D eigenvalue weighted by atomic mass is 16.5. The summed E-state index contributed by atoms with van der Waals surface area (Å²) in [7, 11) is 0. The predicted octanol–water partition coefficient (Wildman–Crippen LogP) is 1.88. The van der Waals surface area contributed by atoms with Gasteiger partial charge in [-0.1, -0.05) is 0 Å². The molecule has 1 heterocycles. The van der Waals surface area contributed by atoms with Gasteiger partial charge < -0.3 is 15.8 Å². The number of nitrogen functional groups attached to an aromatic ring is 1. The van der Waals surface area contributed by atoms with Gasteiger partial charge in [-0.2, -0.15) is 0 Å². The topological polar surface area (TPSA) is 64.4 Å². The summed E-state index contributed by atoms with van der Waals surface area (Å²) in [5.41, 5.74) is 7.71. The highest BCUT2D eigenvalue weighted by Crippen LogP contribution is 2.19. The maximum Gasteiger partial charge on any atom is 0.251 e. The summed E-state index contributed by atoms with van der Waals surface area (Å²) in [6.45, 7) is 5.30. The minimum Gasteiger partial charge on any atom is -0.399 e. The second-order valence-electron chi connectivity index (χ2n) is 5.30. The lowest BCUT2D eigenvalue weighted by Crippen LogP contribution is -2.51. The minimum atomic E-state index is -0.270. The van der Waals surface area contributed by atoms with Crippen molar-refractivity contribution < 1.29 is 9.53 Å². The first kappa shape index (κ1) is 12.9. The van der Waals surface area contributed by atoms with Crippen molar-refractivity contribution in [2.24, 2.45) is 0 Å². The molecule has 0 aromatic heterocycles. The van der Waals surface area contributed by atoms with Gasteiger partial charge in [-0.05, 0) is 50.5 Å². The Morgan fingerprint density at radius 2 is 2.22 bits per heavy atom. The number of carbonyl (C=O) groups excluding carboxylic acids is 1. The first-order valence-corrected chi connectivity index (χ1v) is 6.26. The second kappa shape index (κ2) is 4.98. The summed E-state index contributed by atoms with van der Waals surface area (Å²) in [6, 6.07) is 5.40. The number of nitrogens with two attached hydrogens (primary N) is 1. The van der Waals surface area contributed by atoms with Crippen molar-refractivity contribution in [3.8, 4) is 0 Å². The van der Waals surface area contributed by atoms with Crippen molar-refractivity contribution in [1.82, 2.24) is 5.32 Å². The van der Waals surface area contributed by atoms with Gasteiger partial charge in [0.15, 0.2) is 0 Å². The first-order chi connectivity index (χ1) is 8.48. The molecule has 1 saturated heterocycles. The van der Waals surface area contributed by atoms with Gasteiger partial charge in [0.2, 0.25) is 0 Å². The Morgan fingerprint density at radius 1 is 1.44 bits per heavy atom. The Hall–Kier alpha value is -1.55. The second-order valence-corrected chi connectivity index (χ2v) is 5.30. The average molecular weight is 248 g/mol. The predicted molar refractivity (Wildman–Crippen MR) is 71.5 cm³/mol. The molecule has 0 aliphatic carbocycles. The molecule has 4 heteroatoms. The smallest absolute Gasteiger partial charge is 0.251 e. The highest BCUT2D eigenvalue weighted by Gasteiger charge is 2.29. The summed E-state index contributed by atoms with van der Waals surface area (Å²) >= 11 is 0. The van der Waals surface area contributed by atoms with Crippen LogP contribution in [0.15, 0.2) is 18.2 Å². The van der Waals surface area contributed by atoms with Crippen molar-refractivity contribution in [2.45, 2.75) is 32.2 Å². The fourth-order valence-electron chi connectivity index (χ4n) is 2.32. The molecule has 0 bridgehead atoms. The maximum absolute atomic E-state index is 12.2. The Labute approximate surface area is 108 Å². The van der Waals surface area contributed by atoms with Gasteiger partial charge in [0.25, 0.3) is 5.91 Å². The van der Waals surface area contributed by atoms with E-state index in [4.69, 9.17) is 10.5 Å². The van der Waals surface area contributed by atoms with Gasteiger partial charge in [0.1, 0.15) is 0 Å². The van der Waals surface area contributed by atoms with Crippen molar-refractivity contribution in [1.29, 1.82) is 0 Å². The van der Waals surface area contributed by atoms with E-state index in [1.54, 1.807) is 6.07 Å². The lowest BCUT2D eigenvalue weighted by molar-refractivity contribution is 0.0272. The number of hydrogen-bond acceptors (Lipinski definition) is 3. The number of benzene rings is 1. The van der Waals surface area contributed by atoms with E-state index >= 15 is 0 Å². The van der Waals surface area contributed by atoms with Crippen LogP contribution < -0.4 is 11.1 Å². The number of ether oxygens (including phenoxy) is 1. The van der Waals surface area contributed by atoms with Crippen LogP contribution in [0.2, 0.25) is 0 Å². The molecule has 1 unspecified atom stereocenters. The van der Waals surface area contributed by atoms with Crippen LogP contribution in [-0.2, 0) is 4.74 Å². The van der Waals surface area contributed by atoms with E-state index in [9.17, 15) is 4.79 Å². The molecule has 1 atom stereocenters.